The van der Waals surface area contributed by atoms with Gasteiger partial charge in [-0.2, -0.15) is 0 Å². The molecule has 4 heterocycles. The first-order chi connectivity index (χ1) is 26.9. The molecule has 292 valence electrons. The molecule has 0 saturated carbocycles. The zero-order chi connectivity index (χ0) is 39.9. The first-order valence-electron chi connectivity index (χ1n) is 18.4. The third-order valence-electron chi connectivity index (χ3n) is 9.51. The van der Waals surface area contributed by atoms with Crippen LogP contribution in [-0.2, 0) is 14.4 Å². The molecule has 13 nitrogen and oxygen atoms in total. The Morgan fingerprint density at radius 1 is 0.786 bits per heavy atom. The molecule has 0 spiro atoms. The van der Waals surface area contributed by atoms with Crippen LogP contribution in [0.3, 0.4) is 0 Å². The highest BCUT2D eigenvalue weighted by molar-refractivity contribution is 7.16. The van der Waals surface area contributed by atoms with Crippen LogP contribution in [0.4, 0.5) is 10.8 Å². The monoisotopic (exact) mass is 813 g/mol. The Kier molecular flexibility index (Phi) is 13.1. The zero-order valence-electron chi connectivity index (χ0n) is 31.9. The summed E-state index contributed by atoms with van der Waals surface area (Å²) in [5.74, 6) is 0.405. The SMILES string of the molecule is Cc1nc(NC(=O)c2ccccc2NC(=O)CCCCCC(=O)NCCNC(=O)CC2N=C(c3ccc(Cl)cc3)c3c(sc(C)c3C)-n3c(C)nnc32)sc1C. The van der Waals surface area contributed by atoms with E-state index < -0.39 is 6.04 Å². The number of aliphatic imine (C=N–C) groups is 1. The lowest BCUT2D eigenvalue weighted by atomic mass is 9.99. The molecule has 0 fully saturated rings. The molecule has 6 rings (SSSR count). The normalized spacial score (nSPS) is 13.2. The molecule has 1 aliphatic heterocycles. The summed E-state index contributed by atoms with van der Waals surface area (Å²) in [5.41, 5.74) is 5.41. The topological polar surface area (TPSA) is 172 Å². The number of carbonyl (C=O) groups excluding carboxylic acids is 4. The van der Waals surface area contributed by atoms with E-state index in [-0.39, 0.29) is 49.6 Å². The number of carbonyl (C=O) groups is 4. The van der Waals surface area contributed by atoms with Crippen LogP contribution in [0.1, 0.15) is 98.7 Å². The average Bonchev–Trinajstić information content (AvgIpc) is 3.77. The Morgan fingerprint density at radius 2 is 1.48 bits per heavy atom. The highest BCUT2D eigenvalue weighted by Crippen LogP contribution is 2.39. The number of unbranched alkanes of at least 4 members (excludes halogenated alkanes) is 2. The molecule has 4 N–H and O–H groups in total. The molecule has 1 aliphatic rings. The van der Waals surface area contributed by atoms with Gasteiger partial charge in [0.25, 0.3) is 5.91 Å². The number of aromatic nitrogens is 4. The fourth-order valence-corrected chi connectivity index (χ4v) is 8.46. The number of thiazole rings is 1. The van der Waals surface area contributed by atoms with Crippen molar-refractivity contribution in [3.8, 4) is 5.00 Å². The van der Waals surface area contributed by atoms with Crippen molar-refractivity contribution in [1.82, 2.24) is 30.4 Å². The van der Waals surface area contributed by atoms with E-state index in [1.54, 1.807) is 35.6 Å². The number of thiophene rings is 1. The number of benzene rings is 2. The van der Waals surface area contributed by atoms with Gasteiger partial charge in [-0.1, -0.05) is 42.3 Å². The number of hydrogen-bond acceptors (Lipinski definition) is 10. The minimum atomic E-state index is -0.588. The van der Waals surface area contributed by atoms with E-state index in [0.29, 0.717) is 58.7 Å². The number of aryl methyl sites for hydroxylation is 4. The smallest absolute Gasteiger partial charge is 0.259 e. The number of para-hydroxylation sites is 1. The first-order valence-corrected chi connectivity index (χ1v) is 20.4. The van der Waals surface area contributed by atoms with E-state index in [1.807, 2.05) is 49.6 Å². The third kappa shape index (κ3) is 9.57. The molecule has 0 saturated heterocycles. The van der Waals surface area contributed by atoms with Gasteiger partial charge >= 0.3 is 0 Å². The molecule has 3 aromatic heterocycles. The number of halogens is 1. The van der Waals surface area contributed by atoms with Gasteiger partial charge in [0.2, 0.25) is 17.7 Å². The van der Waals surface area contributed by atoms with Crippen LogP contribution in [0, 0.1) is 34.6 Å². The molecular formula is C40H44ClN9O4S2. The summed E-state index contributed by atoms with van der Waals surface area (Å²) in [6.45, 7) is 10.4. The molecule has 16 heteroatoms. The van der Waals surface area contributed by atoms with Gasteiger partial charge in [-0.15, -0.1) is 32.9 Å². The molecule has 2 aromatic carbocycles. The molecule has 0 bridgehead atoms. The van der Waals surface area contributed by atoms with E-state index in [1.165, 1.54) is 11.3 Å². The number of nitrogens with zero attached hydrogens (tertiary/aromatic N) is 5. The number of fused-ring (bicyclic) bond motifs is 3. The van der Waals surface area contributed by atoms with E-state index in [9.17, 15) is 19.2 Å². The number of nitrogens with one attached hydrogen (secondary N) is 4. The van der Waals surface area contributed by atoms with Crippen LogP contribution >= 0.6 is 34.3 Å². The number of rotatable bonds is 15. The molecule has 4 amide bonds. The van der Waals surface area contributed by atoms with Crippen molar-refractivity contribution in [2.75, 3.05) is 23.7 Å². The average molecular weight is 814 g/mol. The Hall–Kier alpha value is -5.25. The van der Waals surface area contributed by atoms with E-state index in [0.717, 1.165) is 42.9 Å². The van der Waals surface area contributed by atoms with Gasteiger partial charge in [-0.05, 0) is 77.3 Å². The summed E-state index contributed by atoms with van der Waals surface area (Å²) in [4.78, 5) is 63.0. The lowest BCUT2D eigenvalue weighted by Crippen LogP contribution is -2.35. The van der Waals surface area contributed by atoms with Crippen molar-refractivity contribution in [3.05, 3.63) is 103 Å². The van der Waals surface area contributed by atoms with Crippen molar-refractivity contribution in [1.29, 1.82) is 0 Å². The predicted octanol–water partition coefficient (Wildman–Crippen LogP) is 7.34. The Bertz CT molecular complexity index is 2270. The zero-order valence-corrected chi connectivity index (χ0v) is 34.3. The summed E-state index contributed by atoms with van der Waals surface area (Å²) in [6, 6.07) is 13.8. The standard InChI is InChI=1S/C40H44ClN9O4S2/c1-22-24(3)55-39-35(22)36(27-15-17-28(41)18-16-27)46-31(37-49-48-26(5)50(37)39)21-34(53)43-20-19-42-32(51)13-7-6-8-14-33(52)45-30-12-10-9-11-29(30)38(54)47-40-44-23(2)25(4)56-40/h9-12,15-18,31H,6-8,13-14,19-21H2,1-5H3,(H,42,51)(H,43,53)(H,45,52)(H,44,47,54). The molecule has 0 radical (unpaired) electrons. The molecule has 1 unspecified atom stereocenters. The van der Waals surface area contributed by atoms with Gasteiger partial charge in [0, 0.05) is 51.8 Å². The van der Waals surface area contributed by atoms with E-state index >= 15 is 0 Å². The van der Waals surface area contributed by atoms with Gasteiger partial charge in [0.1, 0.15) is 16.9 Å². The maximum Gasteiger partial charge on any atom is 0.259 e. The number of hydrogen-bond donors (Lipinski definition) is 4. The van der Waals surface area contributed by atoms with Crippen LogP contribution in [0.2, 0.25) is 5.02 Å². The van der Waals surface area contributed by atoms with E-state index in [4.69, 9.17) is 16.6 Å². The van der Waals surface area contributed by atoms with Crippen LogP contribution in [0.25, 0.3) is 5.00 Å². The maximum atomic E-state index is 13.2. The second-order valence-corrected chi connectivity index (χ2v) is 16.4. The molecule has 56 heavy (non-hydrogen) atoms. The van der Waals surface area contributed by atoms with Gasteiger partial charge in [-0.25, -0.2) is 4.98 Å². The Labute approximate surface area is 338 Å². The van der Waals surface area contributed by atoms with Gasteiger partial charge in [-0.3, -0.25) is 34.1 Å². The first kappa shape index (κ1) is 40.4. The largest absolute Gasteiger partial charge is 0.354 e. The van der Waals surface area contributed by atoms with Crippen molar-refractivity contribution in [2.45, 2.75) is 79.2 Å². The van der Waals surface area contributed by atoms with Crippen molar-refractivity contribution in [2.24, 2.45) is 4.99 Å². The lowest BCUT2D eigenvalue weighted by Gasteiger charge is -2.13. The van der Waals surface area contributed by atoms with Gasteiger partial charge < -0.3 is 16.0 Å². The molecule has 5 aromatic rings. The van der Waals surface area contributed by atoms with Crippen molar-refractivity contribution < 1.29 is 19.2 Å². The van der Waals surface area contributed by atoms with Gasteiger partial charge in [0.15, 0.2) is 11.0 Å². The van der Waals surface area contributed by atoms with Crippen LogP contribution in [-0.4, -0.2) is 62.2 Å². The van der Waals surface area contributed by atoms with Crippen molar-refractivity contribution >= 4 is 74.4 Å². The fourth-order valence-electron chi connectivity index (χ4n) is 6.31. The summed E-state index contributed by atoms with van der Waals surface area (Å²) in [7, 11) is 0. The van der Waals surface area contributed by atoms with Gasteiger partial charge in [0.05, 0.1) is 29.1 Å². The van der Waals surface area contributed by atoms with Crippen LogP contribution in [0.15, 0.2) is 53.5 Å². The molecule has 1 atom stereocenters. The second kappa shape index (κ2) is 18.1. The third-order valence-corrected chi connectivity index (χ3v) is 11.9. The summed E-state index contributed by atoms with van der Waals surface area (Å²) < 4.78 is 2.00. The Morgan fingerprint density at radius 3 is 2.20 bits per heavy atom. The van der Waals surface area contributed by atoms with E-state index in [2.05, 4.69) is 50.3 Å². The highest BCUT2D eigenvalue weighted by Gasteiger charge is 2.32. The predicted molar refractivity (Wildman–Crippen MR) is 222 cm³/mol. The summed E-state index contributed by atoms with van der Waals surface area (Å²) in [6.07, 6.45) is 2.48. The summed E-state index contributed by atoms with van der Waals surface area (Å²) >= 11 is 9.26. The summed E-state index contributed by atoms with van der Waals surface area (Å²) in [5, 5.41) is 22.3. The molecule has 0 aliphatic carbocycles. The number of anilines is 2. The minimum absolute atomic E-state index is 0.0502. The quantitative estimate of drug-likeness (QED) is 0.0801. The van der Waals surface area contributed by atoms with Crippen molar-refractivity contribution in [3.63, 3.8) is 0 Å². The number of amides is 4. The maximum absolute atomic E-state index is 13.2. The van der Waals surface area contributed by atoms with Crippen LogP contribution in [0.5, 0.6) is 0 Å². The van der Waals surface area contributed by atoms with Crippen LogP contribution < -0.4 is 21.3 Å². The minimum Gasteiger partial charge on any atom is -0.354 e. The fraction of sp³-hybridized carbons (Fsp3) is 0.350. The Balaban J connectivity index is 0.933. The lowest BCUT2D eigenvalue weighted by molar-refractivity contribution is -0.123. The molecular weight excluding hydrogens is 770 g/mol. The highest BCUT2D eigenvalue weighted by atomic mass is 35.5. The second-order valence-electron chi connectivity index (χ2n) is 13.6.